The van der Waals surface area contributed by atoms with Crippen LogP contribution in [0.1, 0.15) is 76.1 Å². The van der Waals surface area contributed by atoms with Crippen LogP contribution in [0, 0.1) is 0 Å². The maximum atomic E-state index is 12.2. The molecule has 67 heavy (non-hydrogen) atoms. The number of nitrogens with zero attached hydrogens (tertiary/aromatic N) is 1. The number of hydrogen-bond acceptors (Lipinski definition) is 7. The third kappa shape index (κ3) is 17.1. The first-order valence-corrected chi connectivity index (χ1v) is 22.3. The fourth-order valence-corrected chi connectivity index (χ4v) is 7.95. The van der Waals surface area contributed by atoms with Gasteiger partial charge in [0.05, 0.1) is 28.0 Å². The van der Waals surface area contributed by atoms with Crippen LogP contribution in [0.25, 0.3) is 0 Å². The van der Waals surface area contributed by atoms with Gasteiger partial charge in [0.25, 0.3) is 5.91 Å². The number of amides is 1. The molecule has 0 spiro atoms. The van der Waals surface area contributed by atoms with Crippen LogP contribution < -0.4 is 16.2 Å². The first-order chi connectivity index (χ1) is 30.6. The van der Waals surface area contributed by atoms with Gasteiger partial charge in [-0.1, -0.05) is 24.3 Å². The van der Waals surface area contributed by atoms with Crippen molar-refractivity contribution in [2.45, 2.75) is 77.8 Å². The van der Waals surface area contributed by atoms with Crippen LogP contribution in [-0.2, 0) is 18.6 Å². The lowest BCUT2D eigenvalue weighted by Crippen LogP contribution is -2.86. The van der Waals surface area contributed by atoms with Gasteiger partial charge in [0.2, 0.25) is 0 Å². The predicted molar refractivity (Wildman–Crippen MR) is 312 cm³/mol. The second-order valence-corrected chi connectivity index (χ2v) is 19.7. The molecule has 9 nitrogen and oxygen atoms in total. The topological polar surface area (TPSA) is 107 Å². The summed E-state index contributed by atoms with van der Waals surface area (Å²) < 4.78 is 23.8. The Hall–Kier alpha value is -1.00. The first kappa shape index (κ1) is 62.1. The zero-order valence-corrected chi connectivity index (χ0v) is 41.0. The summed E-state index contributed by atoms with van der Waals surface area (Å²) in [6.07, 6.45) is -10.9. The van der Waals surface area contributed by atoms with Gasteiger partial charge >= 0.3 is 20.2 Å². The maximum Gasteiger partial charge on any atom is 0.494 e. The molecular formula is C30H44B28N2O7. The Morgan fingerprint density at radius 1 is 0.522 bits per heavy atom. The summed E-state index contributed by atoms with van der Waals surface area (Å²) in [5.41, 5.74) is 0.840. The van der Waals surface area contributed by atoms with E-state index < -0.39 is 108 Å². The average Bonchev–Trinajstić information content (AvgIpc) is 3.55. The van der Waals surface area contributed by atoms with Gasteiger partial charge in [-0.3, -0.25) is 4.79 Å². The Balaban J connectivity index is 0.000000350. The molecule has 0 unspecified atom stereocenters. The molecule has 1 amide bonds. The van der Waals surface area contributed by atoms with Crippen LogP contribution in [0.3, 0.4) is 0 Å². The molecule has 37 heteroatoms. The number of nitrogens with one attached hydrogen (secondary N) is 1. The van der Waals surface area contributed by atoms with Gasteiger partial charge < -0.3 is 33.9 Å². The molecule has 300 valence electrons. The van der Waals surface area contributed by atoms with Crippen molar-refractivity contribution in [3.05, 3.63) is 59.7 Å². The van der Waals surface area contributed by atoms with E-state index in [9.17, 15) is 9.59 Å². The Morgan fingerprint density at radius 2 is 0.821 bits per heavy atom. The Labute approximate surface area is 427 Å². The zero-order chi connectivity index (χ0) is 51.7. The number of likely N-dealkylation sites (N-methyl/N-ethyl adjacent to an activating group) is 1. The highest BCUT2D eigenvalue weighted by molar-refractivity contribution is 8.25. The lowest BCUT2D eigenvalue weighted by molar-refractivity contribution is 0.00578. The molecule has 4 rings (SSSR count). The highest BCUT2D eigenvalue weighted by Gasteiger charge is 2.53. The maximum absolute atomic E-state index is 12.2. The SMILES string of the molecule is CC1(C)OB(c2cccc(C(=O)O)c2)OC1(C)C.CN(C)CCNC(=O)c1cccc(B2OC(C)(C)C(C)(C)O2)c1.[B]B([B])B(B([B])[B])B(B([B])[B])B(B(B([B])[B])B([B])[B])B(B([B])[B])B([B])[B]. The molecule has 2 aliphatic rings. The molecule has 2 N–H and O–H groups in total. The fraction of sp³-hybridized carbons (Fsp3) is 0.533. The van der Waals surface area contributed by atoms with Gasteiger partial charge in [0.15, 0.2) is 0 Å². The van der Waals surface area contributed by atoms with Crippen molar-refractivity contribution in [1.82, 2.24) is 10.2 Å². The first-order valence-electron chi connectivity index (χ1n) is 22.3. The second kappa shape index (κ2) is 26.1. The summed E-state index contributed by atoms with van der Waals surface area (Å²) in [5, 5.41) is 11.9. The standard InChI is InChI=1S/C17H27BN2O3.C13H17BO4.B26/c1-16(2)17(3,4)23-18(22-16)14-9-7-8-13(12-14)15(21)19-10-11-20(5)6;1-12(2)13(3,4)18-14(17-12)10-7-5-6-9(8-10)11(15)16;1-15(2)22(16(3)4)25(21(13)14)26(23(17(5)6)18(7)8)24(19(9)10)20(11)12/h7-9,12H,10-11H2,1-6H3,(H,19,21);5-8H,1-4H3,(H,15,16);. The number of benzene rings is 2. The second-order valence-electron chi connectivity index (χ2n) is 19.7. The van der Waals surface area contributed by atoms with Crippen LogP contribution in [0.2, 0.25) is 0 Å². The van der Waals surface area contributed by atoms with Gasteiger partial charge in [-0.2, -0.15) is 0 Å². The van der Waals surface area contributed by atoms with E-state index in [1.165, 1.54) is 0 Å². The number of carbonyl (C=O) groups excluding carboxylic acids is 1. The van der Waals surface area contributed by atoms with E-state index >= 15 is 0 Å². The molecule has 0 aromatic heterocycles. The zero-order valence-electron chi connectivity index (χ0n) is 41.0. The Kier molecular flexibility index (Phi) is 24.2. The van der Waals surface area contributed by atoms with Crippen molar-refractivity contribution in [2.75, 3.05) is 27.2 Å². The van der Waals surface area contributed by atoms with E-state index in [0.717, 1.165) is 17.5 Å². The molecule has 2 heterocycles. The minimum absolute atomic E-state index is 0.0785. The minimum atomic E-state index is -1.02. The molecule has 2 fully saturated rings. The monoisotopic (exact) mass is 853 g/mol. The summed E-state index contributed by atoms with van der Waals surface area (Å²) in [7, 11) is 85.8. The summed E-state index contributed by atoms with van der Waals surface area (Å²) in [6, 6.07) is 14.1. The molecule has 0 aliphatic carbocycles. The Bertz CT molecular complexity index is 1810. The molecule has 2 aromatic rings. The van der Waals surface area contributed by atoms with Gasteiger partial charge in [-0.25, -0.2) is 4.79 Å². The van der Waals surface area contributed by atoms with Gasteiger partial charge in [-0.05, 0) is 105 Å². The lowest BCUT2D eigenvalue weighted by atomic mass is 8.34. The van der Waals surface area contributed by atoms with Crippen molar-refractivity contribution >= 4 is 222 Å². The summed E-state index contributed by atoms with van der Waals surface area (Å²) >= 11 is 0. The highest BCUT2D eigenvalue weighted by atomic mass is 16.7. The smallest absolute Gasteiger partial charge is 0.478 e. The molecule has 28 radical (unpaired) electrons. The predicted octanol–water partition coefficient (Wildman–Crippen LogP) is -6.94. The number of aromatic carboxylic acids is 1. The number of carbonyl (C=O) groups is 2. The largest absolute Gasteiger partial charge is 0.494 e. The van der Waals surface area contributed by atoms with Crippen molar-refractivity contribution in [2.24, 2.45) is 0 Å². The summed E-state index contributed by atoms with van der Waals surface area (Å²) in [5.74, 6) is -1.03. The van der Waals surface area contributed by atoms with E-state index in [1.807, 2.05) is 98.7 Å². The van der Waals surface area contributed by atoms with E-state index in [0.29, 0.717) is 12.1 Å². The van der Waals surface area contributed by atoms with E-state index in [1.54, 1.807) is 24.3 Å². The average molecular weight is 847 g/mol. The number of hydrogen-bond donors (Lipinski definition) is 2. The van der Waals surface area contributed by atoms with Crippen LogP contribution in [0.5, 0.6) is 0 Å². The van der Waals surface area contributed by atoms with Gasteiger partial charge in [0.1, 0.15) is 0 Å². The van der Waals surface area contributed by atoms with Crippen molar-refractivity contribution in [1.29, 1.82) is 0 Å². The van der Waals surface area contributed by atoms with Crippen LogP contribution in [-0.4, -0.2) is 271 Å². The van der Waals surface area contributed by atoms with Gasteiger partial charge in [-0.15, -0.1) is 0 Å². The van der Waals surface area contributed by atoms with Crippen LogP contribution >= 0.6 is 0 Å². The molecule has 2 aromatic carbocycles. The van der Waals surface area contributed by atoms with Crippen molar-refractivity contribution in [3.63, 3.8) is 0 Å². The number of carboxylic acid groups (broad SMARTS) is 1. The summed E-state index contributed by atoms with van der Waals surface area (Å²) in [4.78, 5) is 25.2. The van der Waals surface area contributed by atoms with E-state index in [4.69, 9.17) is 132 Å². The van der Waals surface area contributed by atoms with E-state index in [-0.39, 0.29) is 22.7 Å². The lowest BCUT2D eigenvalue weighted by Gasteiger charge is -2.48. The molecule has 2 aliphatic heterocycles. The quantitative estimate of drug-likeness (QED) is 0.143. The highest BCUT2D eigenvalue weighted by Crippen LogP contribution is 2.37. The van der Waals surface area contributed by atoms with E-state index in [2.05, 4.69) is 5.32 Å². The number of carboxylic acids is 1. The molecule has 0 saturated carbocycles. The molecular weight excluding hydrogens is 803 g/mol. The van der Waals surface area contributed by atoms with Crippen molar-refractivity contribution in [3.8, 4) is 0 Å². The number of rotatable bonds is 18. The normalized spacial score (nSPS) is 15.9. The Morgan fingerprint density at radius 3 is 1.12 bits per heavy atom. The van der Waals surface area contributed by atoms with Gasteiger partial charge in [0, 0.05) is 204 Å². The third-order valence-corrected chi connectivity index (χ3v) is 13.1. The van der Waals surface area contributed by atoms with Crippen LogP contribution in [0.4, 0.5) is 0 Å². The minimum Gasteiger partial charge on any atom is -0.478 e. The van der Waals surface area contributed by atoms with Crippen LogP contribution in [0.15, 0.2) is 48.5 Å². The molecule has 0 bridgehead atoms. The molecule has 0 atom stereocenters. The molecule has 2 saturated heterocycles. The fourth-order valence-electron chi connectivity index (χ4n) is 7.95. The third-order valence-electron chi connectivity index (χ3n) is 13.1. The summed E-state index contributed by atoms with van der Waals surface area (Å²) in [6.45, 7) is 17.4. The van der Waals surface area contributed by atoms with Crippen molar-refractivity contribution < 1.29 is 33.3 Å².